The van der Waals surface area contributed by atoms with Crippen LogP contribution in [0.25, 0.3) is 5.57 Å². The van der Waals surface area contributed by atoms with Crippen LogP contribution >= 0.6 is 11.6 Å². The molecule has 1 aromatic heterocycles. The number of ether oxygens (including phenoxy) is 1. The third-order valence-corrected chi connectivity index (χ3v) is 6.85. The smallest absolute Gasteiger partial charge is 0.329 e. The van der Waals surface area contributed by atoms with E-state index in [4.69, 9.17) is 11.6 Å². The molecule has 2 amide bonds. The van der Waals surface area contributed by atoms with Gasteiger partial charge in [0.1, 0.15) is 12.6 Å². The van der Waals surface area contributed by atoms with Gasteiger partial charge in [-0.2, -0.15) is 5.10 Å². The van der Waals surface area contributed by atoms with Crippen molar-refractivity contribution >= 4 is 29.0 Å². The van der Waals surface area contributed by atoms with Gasteiger partial charge in [-0.1, -0.05) is 48.0 Å². The first-order valence-corrected chi connectivity index (χ1v) is 12.4. The van der Waals surface area contributed by atoms with Gasteiger partial charge in [0, 0.05) is 29.9 Å². The van der Waals surface area contributed by atoms with Gasteiger partial charge in [0.15, 0.2) is 5.06 Å². The Morgan fingerprint density at radius 1 is 1.19 bits per heavy atom. The number of carbonyl (C=O) groups is 2. The molecule has 1 aromatic carbocycles. The standard InChI is InChI=1S/C26H28ClF3N4O3/c1-17-14-18(2)34(32-17)16-23(35)33-13-7-6-10-22(33)24(36)31-20-11-12-21(19-8-4-3-5-9-19)25(27,15-20)37-26(28,29)30/h3-5,8-9,11-12,14,22H,6-7,10,13,15-16H2,1-2H3,(H,31,36). The first kappa shape index (κ1) is 26.9. The molecular weight excluding hydrogens is 509 g/mol. The number of aryl methyl sites for hydroxylation is 2. The van der Waals surface area contributed by atoms with Crippen molar-refractivity contribution in [2.24, 2.45) is 0 Å². The quantitative estimate of drug-likeness (QED) is 0.536. The molecule has 1 saturated heterocycles. The fraction of sp³-hybridized carbons (Fsp3) is 0.423. The minimum absolute atomic E-state index is 0.000459. The number of amides is 2. The Morgan fingerprint density at radius 3 is 2.57 bits per heavy atom. The van der Waals surface area contributed by atoms with E-state index in [1.165, 1.54) is 17.1 Å². The number of rotatable bonds is 6. The molecule has 0 saturated carbocycles. The zero-order valence-corrected chi connectivity index (χ0v) is 21.3. The summed E-state index contributed by atoms with van der Waals surface area (Å²) in [5.74, 6) is -0.725. The SMILES string of the molecule is Cc1cc(C)n(CC(=O)N2CCCCC2C(=O)NC2=CC=C(c3ccccc3)C(Cl)(OC(F)(F)F)C2)n1. The molecule has 0 radical (unpaired) electrons. The zero-order valence-electron chi connectivity index (χ0n) is 20.5. The van der Waals surface area contributed by atoms with Crippen LogP contribution in [0.1, 0.15) is 42.6 Å². The summed E-state index contributed by atoms with van der Waals surface area (Å²) >= 11 is 6.43. The number of hydrogen-bond donors (Lipinski definition) is 1. The average Bonchev–Trinajstić information content (AvgIpc) is 3.14. The first-order chi connectivity index (χ1) is 17.4. The largest absolute Gasteiger partial charge is 0.524 e. The Labute approximate surface area is 217 Å². The van der Waals surface area contributed by atoms with E-state index in [2.05, 4.69) is 15.2 Å². The van der Waals surface area contributed by atoms with E-state index in [0.717, 1.165) is 24.2 Å². The van der Waals surface area contributed by atoms with Crippen LogP contribution in [0.3, 0.4) is 0 Å². The molecule has 1 aliphatic heterocycles. The van der Waals surface area contributed by atoms with Gasteiger partial charge < -0.3 is 10.2 Å². The second-order valence-corrected chi connectivity index (χ2v) is 9.87. The Hall–Kier alpha value is -3.11. The summed E-state index contributed by atoms with van der Waals surface area (Å²) in [6.45, 7) is 4.09. The topological polar surface area (TPSA) is 76.5 Å². The highest BCUT2D eigenvalue weighted by Crippen LogP contribution is 2.45. The van der Waals surface area contributed by atoms with E-state index >= 15 is 0 Å². The number of nitrogens with zero attached hydrogens (tertiary/aromatic N) is 3. The van der Waals surface area contributed by atoms with Gasteiger partial charge in [0.05, 0.1) is 5.69 Å². The number of allylic oxidation sites excluding steroid dienone is 2. The Kier molecular flexibility index (Phi) is 7.80. The van der Waals surface area contributed by atoms with Crippen LogP contribution < -0.4 is 5.32 Å². The number of piperidine rings is 1. The summed E-state index contributed by atoms with van der Waals surface area (Å²) in [7, 11) is 0. The molecule has 2 atom stereocenters. The first-order valence-electron chi connectivity index (χ1n) is 12.0. The van der Waals surface area contributed by atoms with Crippen LogP contribution in [0.4, 0.5) is 13.2 Å². The zero-order chi connectivity index (χ0) is 26.8. The van der Waals surface area contributed by atoms with Gasteiger partial charge in [0.25, 0.3) is 0 Å². The fourth-order valence-corrected chi connectivity index (χ4v) is 5.20. The maximum Gasteiger partial charge on any atom is 0.524 e. The van der Waals surface area contributed by atoms with E-state index in [0.29, 0.717) is 18.5 Å². The molecule has 2 aromatic rings. The molecular formula is C26H28ClF3N4O3. The average molecular weight is 537 g/mol. The lowest BCUT2D eigenvalue weighted by atomic mass is 9.92. The number of alkyl halides is 4. The Morgan fingerprint density at radius 2 is 1.92 bits per heavy atom. The maximum atomic E-state index is 13.3. The molecule has 37 heavy (non-hydrogen) atoms. The number of hydrogen-bond acceptors (Lipinski definition) is 4. The van der Waals surface area contributed by atoms with Gasteiger partial charge in [-0.25, -0.2) is 0 Å². The molecule has 0 spiro atoms. The molecule has 4 rings (SSSR count). The highest BCUT2D eigenvalue weighted by atomic mass is 35.5. The van der Waals surface area contributed by atoms with Crippen molar-refractivity contribution in [3.05, 3.63) is 71.2 Å². The van der Waals surface area contributed by atoms with Gasteiger partial charge >= 0.3 is 6.36 Å². The van der Waals surface area contributed by atoms with Crippen LogP contribution in [0.2, 0.25) is 0 Å². The molecule has 2 heterocycles. The van der Waals surface area contributed by atoms with Crippen LogP contribution in [0.5, 0.6) is 0 Å². The third-order valence-electron chi connectivity index (χ3n) is 6.43. The van der Waals surface area contributed by atoms with Gasteiger partial charge in [-0.15, -0.1) is 13.2 Å². The lowest BCUT2D eigenvalue weighted by Gasteiger charge is -2.37. The van der Waals surface area contributed by atoms with Crippen molar-refractivity contribution in [1.29, 1.82) is 0 Å². The molecule has 0 bridgehead atoms. The van der Waals surface area contributed by atoms with Crippen molar-refractivity contribution in [2.75, 3.05) is 6.54 Å². The highest BCUT2D eigenvalue weighted by Gasteiger charge is 2.47. The minimum atomic E-state index is -5.00. The predicted octanol–water partition coefficient (Wildman–Crippen LogP) is 4.84. The summed E-state index contributed by atoms with van der Waals surface area (Å²) in [6.07, 6.45) is -0.549. The van der Waals surface area contributed by atoms with Crippen LogP contribution in [-0.2, 0) is 20.9 Å². The van der Waals surface area contributed by atoms with Crippen molar-refractivity contribution < 1.29 is 27.5 Å². The van der Waals surface area contributed by atoms with E-state index in [1.54, 1.807) is 35.0 Å². The monoisotopic (exact) mass is 536 g/mol. The summed E-state index contributed by atoms with van der Waals surface area (Å²) in [6, 6.07) is 9.48. The molecule has 198 valence electrons. The van der Waals surface area contributed by atoms with Crippen molar-refractivity contribution in [1.82, 2.24) is 20.0 Å². The van der Waals surface area contributed by atoms with E-state index in [9.17, 15) is 22.8 Å². The van der Waals surface area contributed by atoms with Crippen molar-refractivity contribution in [2.45, 2.75) is 63.5 Å². The molecule has 1 aliphatic carbocycles. The lowest BCUT2D eigenvalue weighted by molar-refractivity contribution is -0.342. The predicted molar refractivity (Wildman–Crippen MR) is 132 cm³/mol. The second kappa shape index (κ2) is 10.7. The number of halogens is 4. The molecule has 2 unspecified atom stereocenters. The van der Waals surface area contributed by atoms with Crippen molar-refractivity contribution in [3.63, 3.8) is 0 Å². The van der Waals surface area contributed by atoms with E-state index < -0.39 is 29.8 Å². The fourth-order valence-electron chi connectivity index (χ4n) is 4.80. The summed E-state index contributed by atoms with van der Waals surface area (Å²) in [4.78, 5) is 27.9. The number of likely N-dealkylation sites (tertiary alicyclic amines) is 1. The highest BCUT2D eigenvalue weighted by molar-refractivity contribution is 6.29. The second-order valence-electron chi connectivity index (χ2n) is 9.26. The van der Waals surface area contributed by atoms with Crippen LogP contribution in [-0.4, -0.2) is 50.5 Å². The lowest BCUT2D eigenvalue weighted by Crippen LogP contribution is -2.53. The minimum Gasteiger partial charge on any atom is -0.329 e. The normalized spacial score (nSPS) is 22.3. The molecule has 11 heteroatoms. The summed E-state index contributed by atoms with van der Waals surface area (Å²) in [5.41, 5.74) is 2.39. The van der Waals surface area contributed by atoms with Crippen molar-refractivity contribution in [3.8, 4) is 0 Å². The molecule has 1 N–H and O–H groups in total. The summed E-state index contributed by atoms with van der Waals surface area (Å²) < 4.78 is 45.9. The summed E-state index contributed by atoms with van der Waals surface area (Å²) in [5, 5.41) is 4.74. The molecule has 2 aliphatic rings. The Balaban J connectivity index is 1.53. The third kappa shape index (κ3) is 6.42. The number of benzene rings is 1. The van der Waals surface area contributed by atoms with E-state index in [-0.39, 0.29) is 23.7 Å². The van der Waals surface area contributed by atoms with E-state index in [1.807, 2.05) is 19.9 Å². The van der Waals surface area contributed by atoms with Gasteiger partial charge in [0.2, 0.25) is 11.8 Å². The Bertz CT molecular complexity index is 1230. The molecule has 1 fully saturated rings. The van der Waals surface area contributed by atoms with Gasteiger partial charge in [-0.05, 0) is 50.8 Å². The number of aromatic nitrogens is 2. The van der Waals surface area contributed by atoms with Gasteiger partial charge in [-0.3, -0.25) is 19.0 Å². The number of nitrogens with one attached hydrogen (secondary N) is 1. The maximum absolute atomic E-state index is 13.3. The van der Waals surface area contributed by atoms with Crippen LogP contribution in [0.15, 0.2) is 54.2 Å². The number of carbonyl (C=O) groups excluding carboxylic acids is 2. The molecule has 7 nitrogen and oxygen atoms in total. The van der Waals surface area contributed by atoms with Crippen LogP contribution in [0, 0.1) is 13.8 Å².